The average Bonchev–Trinajstić information content (AvgIpc) is 3.13. The van der Waals surface area contributed by atoms with Gasteiger partial charge in [0.05, 0.1) is 9.79 Å². The molecule has 5 rings (SSSR count). The van der Waals surface area contributed by atoms with Gasteiger partial charge in [-0.25, -0.2) is 17.2 Å². The fourth-order valence-electron chi connectivity index (χ4n) is 4.57. The SMILES string of the molecule is Cl.Cn1c2c(c3cc(S(=O)(=O)c4cc(F)cc(F)c4)ccc31)C1CCC(C2)N1. The maximum Gasteiger partial charge on any atom is 0.206 e. The zero-order chi connectivity index (χ0) is 18.9. The Bertz CT molecular complexity index is 1190. The van der Waals surface area contributed by atoms with Crippen LogP contribution in [0.1, 0.15) is 30.1 Å². The smallest absolute Gasteiger partial charge is 0.206 e. The van der Waals surface area contributed by atoms with Crippen LogP contribution in [-0.4, -0.2) is 19.0 Å². The number of aromatic nitrogens is 1. The molecule has 0 spiro atoms. The third-order valence-corrected chi connectivity index (χ3v) is 7.55. The number of rotatable bonds is 2. The van der Waals surface area contributed by atoms with Gasteiger partial charge >= 0.3 is 0 Å². The van der Waals surface area contributed by atoms with Gasteiger partial charge in [-0.1, -0.05) is 0 Å². The van der Waals surface area contributed by atoms with E-state index >= 15 is 0 Å². The molecule has 28 heavy (non-hydrogen) atoms. The molecule has 148 valence electrons. The zero-order valence-corrected chi connectivity index (χ0v) is 16.7. The minimum absolute atomic E-state index is 0. The molecule has 2 bridgehead atoms. The third-order valence-electron chi connectivity index (χ3n) is 5.82. The van der Waals surface area contributed by atoms with Crippen LogP contribution < -0.4 is 5.32 Å². The summed E-state index contributed by atoms with van der Waals surface area (Å²) in [7, 11) is -2.01. The predicted octanol–water partition coefficient (Wildman–Crippen LogP) is 4.06. The van der Waals surface area contributed by atoms with Crippen molar-refractivity contribution in [3.8, 4) is 0 Å². The van der Waals surface area contributed by atoms with E-state index in [-0.39, 0.29) is 28.2 Å². The van der Waals surface area contributed by atoms with E-state index < -0.39 is 21.5 Å². The molecule has 3 heterocycles. The Hall–Kier alpha value is -1.96. The van der Waals surface area contributed by atoms with E-state index in [0.29, 0.717) is 12.1 Å². The van der Waals surface area contributed by atoms with Crippen LogP contribution in [0.5, 0.6) is 0 Å². The molecule has 2 aromatic carbocycles. The second kappa shape index (κ2) is 6.54. The number of nitrogens with one attached hydrogen (secondary N) is 1. The summed E-state index contributed by atoms with van der Waals surface area (Å²) in [6, 6.07) is 8.01. The van der Waals surface area contributed by atoms with Gasteiger partial charge in [-0.05, 0) is 48.7 Å². The second-order valence-electron chi connectivity index (χ2n) is 7.40. The number of halogens is 3. The summed E-state index contributed by atoms with van der Waals surface area (Å²) in [6.45, 7) is 0. The first kappa shape index (κ1) is 19.4. The Morgan fingerprint density at radius 2 is 1.75 bits per heavy atom. The zero-order valence-electron chi connectivity index (χ0n) is 15.1. The van der Waals surface area contributed by atoms with Crippen molar-refractivity contribution in [2.24, 2.45) is 7.05 Å². The summed E-state index contributed by atoms with van der Waals surface area (Å²) in [5.41, 5.74) is 3.37. The quantitative estimate of drug-likeness (QED) is 0.675. The highest BCUT2D eigenvalue weighted by Crippen LogP contribution is 2.42. The van der Waals surface area contributed by atoms with Crippen LogP contribution in [0.15, 0.2) is 46.2 Å². The van der Waals surface area contributed by atoms with E-state index in [1.807, 2.05) is 7.05 Å². The van der Waals surface area contributed by atoms with E-state index in [2.05, 4.69) is 9.88 Å². The normalized spacial score (nSPS) is 20.8. The van der Waals surface area contributed by atoms with Crippen LogP contribution in [0.2, 0.25) is 0 Å². The van der Waals surface area contributed by atoms with Crippen LogP contribution in [0.4, 0.5) is 8.78 Å². The van der Waals surface area contributed by atoms with Crippen molar-refractivity contribution in [1.82, 2.24) is 9.88 Å². The van der Waals surface area contributed by atoms with Crippen molar-refractivity contribution in [1.29, 1.82) is 0 Å². The summed E-state index contributed by atoms with van der Waals surface area (Å²) in [6.07, 6.45) is 3.07. The lowest BCUT2D eigenvalue weighted by Crippen LogP contribution is -2.32. The Morgan fingerprint density at radius 1 is 1.04 bits per heavy atom. The van der Waals surface area contributed by atoms with Crippen molar-refractivity contribution in [3.63, 3.8) is 0 Å². The molecule has 1 N–H and O–H groups in total. The van der Waals surface area contributed by atoms with Gasteiger partial charge in [-0.2, -0.15) is 0 Å². The Morgan fingerprint density at radius 3 is 2.46 bits per heavy atom. The van der Waals surface area contributed by atoms with Crippen molar-refractivity contribution in [3.05, 3.63) is 59.3 Å². The average molecular weight is 425 g/mol. The first-order valence-corrected chi connectivity index (χ1v) is 10.4. The molecule has 0 aliphatic carbocycles. The van der Waals surface area contributed by atoms with E-state index in [4.69, 9.17) is 0 Å². The number of benzene rings is 2. The molecule has 0 radical (unpaired) electrons. The first-order valence-electron chi connectivity index (χ1n) is 8.93. The summed E-state index contributed by atoms with van der Waals surface area (Å²) in [5, 5.41) is 4.49. The number of nitrogens with zero attached hydrogens (tertiary/aromatic N) is 1. The molecule has 0 amide bonds. The molecule has 1 aromatic heterocycles. The van der Waals surface area contributed by atoms with Crippen LogP contribution in [0, 0.1) is 11.6 Å². The molecular weight excluding hydrogens is 406 g/mol. The van der Waals surface area contributed by atoms with Gasteiger partial charge in [-0.15, -0.1) is 12.4 Å². The first-order chi connectivity index (χ1) is 12.8. The molecule has 2 unspecified atom stereocenters. The highest BCUT2D eigenvalue weighted by Gasteiger charge is 2.36. The molecule has 1 fully saturated rings. The summed E-state index contributed by atoms with van der Waals surface area (Å²) in [4.78, 5) is -0.322. The molecule has 4 nitrogen and oxygen atoms in total. The standard InChI is InChI=1S/C20H18F2N2O2S.ClH/c1-24-18-5-3-14(27(25,26)15-7-11(21)6-12(22)8-15)10-16(18)20-17-4-2-13(23-17)9-19(20)24;/h3,5-8,10,13,17,23H,2,4,9H2,1H3;1H. The minimum Gasteiger partial charge on any atom is -0.347 e. The van der Waals surface area contributed by atoms with E-state index in [1.54, 1.807) is 12.1 Å². The molecule has 1 saturated heterocycles. The number of hydrogen-bond acceptors (Lipinski definition) is 3. The Kier molecular flexibility index (Phi) is 4.52. The largest absolute Gasteiger partial charge is 0.347 e. The van der Waals surface area contributed by atoms with Crippen molar-refractivity contribution in [2.75, 3.05) is 0 Å². The van der Waals surface area contributed by atoms with Gasteiger partial charge in [0.1, 0.15) is 11.6 Å². The molecule has 2 atom stereocenters. The van der Waals surface area contributed by atoms with Crippen LogP contribution in [-0.2, 0) is 23.3 Å². The highest BCUT2D eigenvalue weighted by atomic mass is 35.5. The van der Waals surface area contributed by atoms with Gasteiger partial charge in [0, 0.05) is 48.2 Å². The Labute approximate surface area is 167 Å². The number of sulfone groups is 1. The fraction of sp³-hybridized carbons (Fsp3) is 0.300. The molecular formula is C20H19ClF2N2O2S. The molecule has 2 aliphatic rings. The monoisotopic (exact) mass is 424 g/mol. The second-order valence-corrected chi connectivity index (χ2v) is 9.35. The molecule has 2 aliphatic heterocycles. The maximum atomic E-state index is 13.5. The minimum atomic E-state index is -4.02. The fourth-order valence-corrected chi connectivity index (χ4v) is 5.90. The number of fused-ring (bicyclic) bond motifs is 6. The lowest BCUT2D eigenvalue weighted by atomic mass is 9.99. The Balaban J connectivity index is 0.00000192. The van der Waals surface area contributed by atoms with Gasteiger partial charge in [0.25, 0.3) is 0 Å². The van der Waals surface area contributed by atoms with E-state index in [0.717, 1.165) is 47.9 Å². The van der Waals surface area contributed by atoms with Crippen molar-refractivity contribution in [2.45, 2.75) is 41.1 Å². The summed E-state index contributed by atoms with van der Waals surface area (Å²) in [5.74, 6) is -1.82. The molecule has 8 heteroatoms. The maximum absolute atomic E-state index is 13.5. The highest BCUT2D eigenvalue weighted by molar-refractivity contribution is 7.91. The lowest BCUT2D eigenvalue weighted by Gasteiger charge is -2.23. The van der Waals surface area contributed by atoms with Crippen molar-refractivity contribution >= 4 is 33.1 Å². The van der Waals surface area contributed by atoms with Gasteiger partial charge < -0.3 is 9.88 Å². The molecule has 3 aromatic rings. The van der Waals surface area contributed by atoms with E-state index in [1.165, 1.54) is 11.8 Å². The number of aryl methyl sites for hydroxylation is 1. The van der Waals surface area contributed by atoms with Crippen LogP contribution >= 0.6 is 12.4 Å². The van der Waals surface area contributed by atoms with Gasteiger partial charge in [-0.3, -0.25) is 0 Å². The van der Waals surface area contributed by atoms with Crippen LogP contribution in [0.25, 0.3) is 10.9 Å². The predicted molar refractivity (Wildman–Crippen MR) is 105 cm³/mol. The topological polar surface area (TPSA) is 51.1 Å². The van der Waals surface area contributed by atoms with E-state index in [9.17, 15) is 17.2 Å². The van der Waals surface area contributed by atoms with Crippen molar-refractivity contribution < 1.29 is 17.2 Å². The van der Waals surface area contributed by atoms with Crippen LogP contribution in [0.3, 0.4) is 0 Å². The van der Waals surface area contributed by atoms with Gasteiger partial charge in [0.2, 0.25) is 9.84 Å². The van der Waals surface area contributed by atoms with Gasteiger partial charge in [0.15, 0.2) is 0 Å². The molecule has 0 saturated carbocycles. The summed E-state index contributed by atoms with van der Waals surface area (Å²) >= 11 is 0. The third kappa shape index (κ3) is 2.76. The number of hydrogen-bond donors (Lipinski definition) is 1. The lowest BCUT2D eigenvalue weighted by molar-refractivity contribution is 0.503. The summed E-state index contributed by atoms with van der Waals surface area (Å²) < 4.78 is 55.1.